The van der Waals surface area contributed by atoms with Gasteiger partial charge in [-0.15, -0.1) is 0 Å². The molecule has 0 aromatic carbocycles. The SMILES string of the molecule is C1CCC([Te][Te]C2CCCCC2)CC1. The molecule has 0 saturated heterocycles. The minimum atomic E-state index is 0.530. The fraction of sp³-hybridized carbons (Fsp3) is 1.00. The summed E-state index contributed by atoms with van der Waals surface area (Å²) in [6.45, 7) is 0. The third-order valence-corrected chi connectivity index (χ3v) is 20.5. The van der Waals surface area contributed by atoms with E-state index in [2.05, 4.69) is 0 Å². The van der Waals surface area contributed by atoms with E-state index in [9.17, 15) is 0 Å². The molecule has 0 aliphatic heterocycles. The Morgan fingerprint density at radius 2 is 0.857 bits per heavy atom. The van der Waals surface area contributed by atoms with Crippen molar-refractivity contribution in [1.82, 2.24) is 0 Å². The molecule has 0 unspecified atom stereocenters. The van der Waals surface area contributed by atoms with E-state index in [0.29, 0.717) is 34.1 Å². The maximum absolute atomic E-state index is 1.64. The van der Waals surface area contributed by atoms with E-state index >= 15 is 0 Å². The molecule has 0 atom stereocenters. The Morgan fingerprint density at radius 1 is 0.500 bits per heavy atom. The van der Waals surface area contributed by atoms with Crippen LogP contribution in [0.3, 0.4) is 0 Å². The standard InChI is InChI=1S/C12H22Te2/c1-3-7-11(8-4-1)13-14-12-9-5-2-6-10-12/h11-12H,1-10H2. The summed E-state index contributed by atoms with van der Waals surface area (Å²) in [5, 5.41) is 0. The average molecular weight is 422 g/mol. The van der Waals surface area contributed by atoms with E-state index in [-0.39, 0.29) is 0 Å². The minimum absolute atomic E-state index is 0.530. The Balaban J connectivity index is 1.60. The van der Waals surface area contributed by atoms with E-state index in [4.69, 9.17) is 0 Å². The Labute approximate surface area is 105 Å². The Kier molecular flexibility index (Phi) is 6.03. The van der Waals surface area contributed by atoms with Crippen LogP contribution in [0.1, 0.15) is 64.2 Å². The van der Waals surface area contributed by atoms with Gasteiger partial charge in [0.1, 0.15) is 0 Å². The molecule has 0 amide bonds. The molecule has 0 bridgehead atoms. The van der Waals surface area contributed by atoms with Crippen molar-refractivity contribution >= 4 is 34.1 Å². The van der Waals surface area contributed by atoms with Crippen LogP contribution >= 0.6 is 0 Å². The van der Waals surface area contributed by atoms with Crippen LogP contribution in [0.4, 0.5) is 0 Å². The molecule has 82 valence electrons. The summed E-state index contributed by atoms with van der Waals surface area (Å²) in [6.07, 6.45) is 16.0. The van der Waals surface area contributed by atoms with Crippen molar-refractivity contribution in [3.8, 4) is 0 Å². The third-order valence-electron chi connectivity index (χ3n) is 3.43. The van der Waals surface area contributed by atoms with Gasteiger partial charge in [0.25, 0.3) is 0 Å². The molecule has 2 fully saturated rings. The predicted molar refractivity (Wildman–Crippen MR) is 65.2 cm³/mol. The van der Waals surface area contributed by atoms with E-state index in [1.54, 1.807) is 64.2 Å². The van der Waals surface area contributed by atoms with Crippen LogP contribution in [0.5, 0.6) is 0 Å². The fourth-order valence-corrected chi connectivity index (χ4v) is 19.8. The zero-order valence-corrected chi connectivity index (χ0v) is 13.7. The van der Waals surface area contributed by atoms with Crippen LogP contribution in [0.2, 0.25) is 7.93 Å². The van der Waals surface area contributed by atoms with Gasteiger partial charge in [0.05, 0.1) is 0 Å². The molecule has 0 radical (unpaired) electrons. The molecule has 0 spiro atoms. The quantitative estimate of drug-likeness (QED) is 0.608. The molecule has 0 aromatic heterocycles. The monoisotopic (exact) mass is 426 g/mol. The van der Waals surface area contributed by atoms with Gasteiger partial charge in [-0.2, -0.15) is 0 Å². The van der Waals surface area contributed by atoms with Gasteiger partial charge >= 0.3 is 106 Å². The molecule has 0 nitrogen and oxygen atoms in total. The first-order valence-electron chi connectivity index (χ1n) is 6.27. The number of rotatable bonds is 3. The Hall–Kier alpha value is 1.58. The molecule has 2 aliphatic carbocycles. The van der Waals surface area contributed by atoms with Crippen LogP contribution < -0.4 is 0 Å². The van der Waals surface area contributed by atoms with Crippen LogP contribution in [-0.4, -0.2) is 34.1 Å². The van der Waals surface area contributed by atoms with Gasteiger partial charge in [0.2, 0.25) is 0 Å². The third kappa shape index (κ3) is 4.21. The summed E-state index contributed by atoms with van der Waals surface area (Å²) >= 11 is 1.06. The van der Waals surface area contributed by atoms with Crippen LogP contribution in [0.15, 0.2) is 0 Å². The number of hydrogen-bond acceptors (Lipinski definition) is 0. The summed E-state index contributed by atoms with van der Waals surface area (Å²) in [7, 11) is 0. The maximum atomic E-state index is 1.64. The summed E-state index contributed by atoms with van der Waals surface area (Å²) < 4.78 is 2.61. The Morgan fingerprint density at radius 3 is 1.21 bits per heavy atom. The van der Waals surface area contributed by atoms with Crippen molar-refractivity contribution in [2.75, 3.05) is 0 Å². The van der Waals surface area contributed by atoms with Crippen molar-refractivity contribution in [1.29, 1.82) is 0 Å². The summed E-state index contributed by atoms with van der Waals surface area (Å²) in [6, 6.07) is 0. The topological polar surface area (TPSA) is 0 Å². The van der Waals surface area contributed by atoms with E-state index < -0.39 is 0 Å². The second-order valence-electron chi connectivity index (χ2n) is 4.71. The molecular weight excluding hydrogens is 399 g/mol. The molecule has 0 N–H and O–H groups in total. The summed E-state index contributed by atoms with van der Waals surface area (Å²) in [5.41, 5.74) is 0. The van der Waals surface area contributed by atoms with Gasteiger partial charge in [-0.25, -0.2) is 0 Å². The average Bonchev–Trinajstić information content (AvgIpc) is 2.29. The first-order valence-corrected chi connectivity index (χ1v) is 16.3. The van der Waals surface area contributed by atoms with Gasteiger partial charge in [-0.05, 0) is 0 Å². The second-order valence-corrected chi connectivity index (χ2v) is 17.0. The summed E-state index contributed by atoms with van der Waals surface area (Å²) in [4.78, 5) is 0. The molecule has 2 rings (SSSR count). The van der Waals surface area contributed by atoms with Gasteiger partial charge < -0.3 is 0 Å². The Bertz CT molecular complexity index is 128. The van der Waals surface area contributed by atoms with E-state index in [1.165, 1.54) is 7.93 Å². The number of hydrogen-bond donors (Lipinski definition) is 0. The molecule has 0 heterocycles. The van der Waals surface area contributed by atoms with Gasteiger partial charge in [0.15, 0.2) is 0 Å². The molecule has 2 saturated carbocycles. The molecule has 14 heavy (non-hydrogen) atoms. The second kappa shape index (κ2) is 7.01. The molecule has 0 aromatic rings. The van der Waals surface area contributed by atoms with Gasteiger partial charge in [-0.1, -0.05) is 0 Å². The van der Waals surface area contributed by atoms with Crippen LogP contribution in [-0.2, 0) is 0 Å². The van der Waals surface area contributed by atoms with Crippen molar-refractivity contribution < 1.29 is 0 Å². The fourth-order valence-electron chi connectivity index (χ4n) is 2.48. The normalized spacial score (nSPS) is 26.6. The first kappa shape index (κ1) is 12.0. The molecule has 2 aliphatic rings. The first-order chi connectivity index (χ1) is 6.95. The van der Waals surface area contributed by atoms with Gasteiger partial charge in [-0.3, -0.25) is 0 Å². The van der Waals surface area contributed by atoms with E-state index in [0.717, 1.165) is 0 Å². The molecule has 2 heteroatoms. The van der Waals surface area contributed by atoms with Crippen molar-refractivity contribution in [2.24, 2.45) is 0 Å². The molecular formula is C12H22Te2. The van der Waals surface area contributed by atoms with Crippen LogP contribution in [0, 0.1) is 0 Å². The van der Waals surface area contributed by atoms with Crippen LogP contribution in [0.25, 0.3) is 0 Å². The predicted octanol–water partition coefficient (Wildman–Crippen LogP) is 3.82. The zero-order chi connectivity index (χ0) is 9.64. The van der Waals surface area contributed by atoms with Crippen molar-refractivity contribution in [3.05, 3.63) is 0 Å². The van der Waals surface area contributed by atoms with Crippen molar-refractivity contribution in [2.45, 2.75) is 72.1 Å². The summed E-state index contributed by atoms with van der Waals surface area (Å²) in [5.74, 6) is 0. The van der Waals surface area contributed by atoms with E-state index in [1.807, 2.05) is 0 Å². The van der Waals surface area contributed by atoms with Crippen molar-refractivity contribution in [3.63, 3.8) is 0 Å². The zero-order valence-electron chi connectivity index (χ0n) is 9.04. The van der Waals surface area contributed by atoms with Gasteiger partial charge in [0, 0.05) is 0 Å².